The average molecular weight is 475 g/mol. The van der Waals surface area contributed by atoms with Gasteiger partial charge in [-0.2, -0.15) is 0 Å². The van der Waals surface area contributed by atoms with E-state index in [4.69, 9.17) is 9.47 Å². The lowest BCUT2D eigenvalue weighted by Crippen LogP contribution is -2.37. The summed E-state index contributed by atoms with van der Waals surface area (Å²) in [5, 5.41) is 6.76. The van der Waals surface area contributed by atoms with Crippen LogP contribution < -0.4 is 10.6 Å². The minimum atomic E-state index is 0. The SMILES string of the molecule is CN=C(NCCCOCC1CCOC1)NCc1c(C)cc(C)cc1C.I. The highest BCUT2D eigenvalue weighted by Gasteiger charge is 2.15. The molecule has 0 bridgehead atoms. The van der Waals surface area contributed by atoms with E-state index in [1.54, 1.807) is 7.05 Å². The zero-order valence-corrected chi connectivity index (χ0v) is 18.9. The Morgan fingerprint density at radius 1 is 1.23 bits per heavy atom. The summed E-state index contributed by atoms with van der Waals surface area (Å²) in [7, 11) is 1.81. The molecule has 5 nitrogen and oxygen atoms in total. The molecular formula is C20H34IN3O2. The third-order valence-corrected chi connectivity index (χ3v) is 4.63. The van der Waals surface area contributed by atoms with E-state index < -0.39 is 0 Å². The second-order valence-corrected chi connectivity index (χ2v) is 6.89. The van der Waals surface area contributed by atoms with Crippen LogP contribution in [0.3, 0.4) is 0 Å². The van der Waals surface area contributed by atoms with Crippen LogP contribution in [0, 0.1) is 26.7 Å². The molecule has 1 aromatic rings. The van der Waals surface area contributed by atoms with Gasteiger partial charge in [0, 0.05) is 39.3 Å². The minimum Gasteiger partial charge on any atom is -0.381 e. The van der Waals surface area contributed by atoms with Crippen LogP contribution in [0.15, 0.2) is 17.1 Å². The quantitative estimate of drug-likeness (QED) is 0.262. The summed E-state index contributed by atoms with van der Waals surface area (Å²) in [5.74, 6) is 1.42. The van der Waals surface area contributed by atoms with Crippen LogP contribution in [0.2, 0.25) is 0 Å². The van der Waals surface area contributed by atoms with Crippen molar-refractivity contribution in [2.75, 3.05) is 40.0 Å². The summed E-state index contributed by atoms with van der Waals surface area (Å²) in [6.45, 7) is 11.4. The fourth-order valence-electron chi connectivity index (χ4n) is 3.23. The molecule has 1 aliphatic heterocycles. The summed E-state index contributed by atoms with van der Waals surface area (Å²) >= 11 is 0. The highest BCUT2D eigenvalue weighted by molar-refractivity contribution is 14.0. The summed E-state index contributed by atoms with van der Waals surface area (Å²) in [6, 6.07) is 4.46. The van der Waals surface area contributed by atoms with Crippen LogP contribution in [0.5, 0.6) is 0 Å². The summed E-state index contributed by atoms with van der Waals surface area (Å²) < 4.78 is 11.1. The second-order valence-electron chi connectivity index (χ2n) is 6.89. The maximum atomic E-state index is 5.72. The summed E-state index contributed by atoms with van der Waals surface area (Å²) in [5.41, 5.74) is 5.30. The van der Waals surface area contributed by atoms with E-state index in [2.05, 4.69) is 48.5 Å². The van der Waals surface area contributed by atoms with Crippen molar-refractivity contribution in [1.29, 1.82) is 0 Å². The largest absolute Gasteiger partial charge is 0.381 e. The Kier molecular flexibility index (Phi) is 11.2. The van der Waals surface area contributed by atoms with Crippen LogP contribution in [0.4, 0.5) is 0 Å². The van der Waals surface area contributed by atoms with Gasteiger partial charge in [-0.15, -0.1) is 24.0 Å². The van der Waals surface area contributed by atoms with Crippen LogP contribution in [0.25, 0.3) is 0 Å². The molecule has 2 N–H and O–H groups in total. The first-order chi connectivity index (χ1) is 12.1. The third-order valence-electron chi connectivity index (χ3n) is 4.63. The smallest absolute Gasteiger partial charge is 0.191 e. The fraction of sp³-hybridized carbons (Fsp3) is 0.650. The molecule has 1 unspecified atom stereocenters. The molecule has 0 aliphatic carbocycles. The van der Waals surface area contributed by atoms with E-state index >= 15 is 0 Å². The van der Waals surface area contributed by atoms with Gasteiger partial charge >= 0.3 is 0 Å². The lowest BCUT2D eigenvalue weighted by molar-refractivity contribution is 0.0888. The Morgan fingerprint density at radius 3 is 2.58 bits per heavy atom. The van der Waals surface area contributed by atoms with Gasteiger partial charge < -0.3 is 20.1 Å². The molecule has 1 aliphatic rings. The number of guanidine groups is 1. The van der Waals surface area contributed by atoms with Gasteiger partial charge in [0.1, 0.15) is 0 Å². The van der Waals surface area contributed by atoms with Gasteiger partial charge in [-0.25, -0.2) is 0 Å². The minimum absolute atomic E-state index is 0. The van der Waals surface area contributed by atoms with Crippen LogP contribution >= 0.6 is 24.0 Å². The van der Waals surface area contributed by atoms with E-state index in [1.165, 1.54) is 22.3 Å². The predicted molar refractivity (Wildman–Crippen MR) is 119 cm³/mol. The Morgan fingerprint density at radius 2 is 1.96 bits per heavy atom. The van der Waals surface area contributed by atoms with Crippen molar-refractivity contribution in [2.45, 2.75) is 40.2 Å². The van der Waals surface area contributed by atoms with Crippen molar-refractivity contribution in [2.24, 2.45) is 10.9 Å². The average Bonchev–Trinajstić information content (AvgIpc) is 3.08. The van der Waals surface area contributed by atoms with Crippen LogP contribution in [-0.4, -0.2) is 46.0 Å². The number of rotatable bonds is 8. The van der Waals surface area contributed by atoms with Gasteiger partial charge in [0.15, 0.2) is 5.96 Å². The van der Waals surface area contributed by atoms with E-state index in [0.29, 0.717) is 5.92 Å². The lowest BCUT2D eigenvalue weighted by Gasteiger charge is -2.15. The first-order valence-electron chi connectivity index (χ1n) is 9.27. The Bertz CT molecular complexity index is 549. The van der Waals surface area contributed by atoms with Gasteiger partial charge in [0.25, 0.3) is 0 Å². The molecule has 1 saturated heterocycles. The fourth-order valence-corrected chi connectivity index (χ4v) is 3.23. The molecule has 0 spiro atoms. The number of hydrogen-bond acceptors (Lipinski definition) is 3. The highest BCUT2D eigenvalue weighted by atomic mass is 127. The first kappa shape index (κ1) is 23.2. The number of ether oxygens (including phenoxy) is 2. The van der Waals surface area contributed by atoms with E-state index in [0.717, 1.165) is 58.3 Å². The first-order valence-corrected chi connectivity index (χ1v) is 9.27. The van der Waals surface area contributed by atoms with Gasteiger partial charge in [0.2, 0.25) is 0 Å². The van der Waals surface area contributed by atoms with Gasteiger partial charge in [0.05, 0.1) is 13.2 Å². The molecule has 148 valence electrons. The Balaban J connectivity index is 0.00000338. The highest BCUT2D eigenvalue weighted by Crippen LogP contribution is 2.16. The molecule has 0 saturated carbocycles. The number of hydrogen-bond donors (Lipinski definition) is 2. The van der Waals surface area contributed by atoms with Gasteiger partial charge in [-0.1, -0.05) is 17.7 Å². The van der Waals surface area contributed by atoms with Crippen molar-refractivity contribution < 1.29 is 9.47 Å². The molecule has 1 atom stereocenters. The van der Waals surface area contributed by atoms with E-state index in [-0.39, 0.29) is 24.0 Å². The number of benzene rings is 1. The van der Waals surface area contributed by atoms with Crippen LogP contribution in [-0.2, 0) is 16.0 Å². The van der Waals surface area contributed by atoms with E-state index in [9.17, 15) is 0 Å². The standard InChI is InChI=1S/C20H33N3O2.HI/c1-15-10-16(2)19(17(3)11-15)12-23-20(21-4)22-7-5-8-24-13-18-6-9-25-14-18;/h10-11,18H,5-9,12-14H2,1-4H3,(H2,21,22,23);1H. The predicted octanol–water partition coefficient (Wildman–Crippen LogP) is 3.34. The van der Waals surface area contributed by atoms with E-state index in [1.807, 2.05) is 0 Å². The van der Waals surface area contributed by atoms with Crippen molar-refractivity contribution in [1.82, 2.24) is 10.6 Å². The molecular weight excluding hydrogens is 441 g/mol. The number of halogens is 1. The molecule has 0 aromatic heterocycles. The molecule has 1 fully saturated rings. The molecule has 1 heterocycles. The Hall–Kier alpha value is -0.860. The molecule has 0 amide bonds. The number of aryl methyl sites for hydroxylation is 3. The third kappa shape index (κ3) is 7.80. The van der Waals surface area contributed by atoms with Crippen molar-refractivity contribution in [3.63, 3.8) is 0 Å². The van der Waals surface area contributed by atoms with Gasteiger partial charge in [-0.3, -0.25) is 4.99 Å². The van der Waals surface area contributed by atoms with Crippen LogP contribution in [0.1, 0.15) is 35.1 Å². The summed E-state index contributed by atoms with van der Waals surface area (Å²) in [4.78, 5) is 4.30. The summed E-state index contributed by atoms with van der Waals surface area (Å²) in [6.07, 6.45) is 2.10. The monoisotopic (exact) mass is 475 g/mol. The van der Waals surface area contributed by atoms with Crippen molar-refractivity contribution >= 4 is 29.9 Å². The van der Waals surface area contributed by atoms with Crippen molar-refractivity contribution in [3.05, 3.63) is 34.4 Å². The van der Waals surface area contributed by atoms with Gasteiger partial charge in [-0.05, 0) is 50.3 Å². The molecule has 2 rings (SSSR count). The molecule has 6 heteroatoms. The number of nitrogens with one attached hydrogen (secondary N) is 2. The van der Waals surface area contributed by atoms with Crippen molar-refractivity contribution in [3.8, 4) is 0 Å². The molecule has 1 aromatic carbocycles. The molecule has 0 radical (unpaired) electrons. The number of aliphatic imine (C=N–C) groups is 1. The molecule has 26 heavy (non-hydrogen) atoms. The second kappa shape index (κ2) is 12.5. The number of nitrogens with zero attached hydrogens (tertiary/aromatic N) is 1. The normalized spacial score (nSPS) is 17.1. The topological polar surface area (TPSA) is 54.9 Å². The zero-order valence-electron chi connectivity index (χ0n) is 16.6. The maximum absolute atomic E-state index is 5.72. The maximum Gasteiger partial charge on any atom is 0.191 e. The zero-order chi connectivity index (χ0) is 18.1. The Labute approximate surface area is 175 Å². The lowest BCUT2D eigenvalue weighted by atomic mass is 10.00.